The molecular weight excluding hydrogens is 358 g/mol. The lowest BCUT2D eigenvalue weighted by Crippen LogP contribution is -2.42. The number of Topliss-reactive ketones (excluding diaryl/α,β-unsaturated/α-hetero) is 2. The van der Waals surface area contributed by atoms with Gasteiger partial charge in [0, 0.05) is 29.5 Å². The van der Waals surface area contributed by atoms with E-state index in [4.69, 9.17) is 4.74 Å². The number of nitrogens with zero attached hydrogens (tertiary/aromatic N) is 1. The number of allylic oxidation sites excluding steroid dienone is 4. The molecule has 0 amide bonds. The molecule has 0 aromatic heterocycles. The number of rotatable bonds is 7. The molecule has 0 fully saturated rings. The van der Waals surface area contributed by atoms with Gasteiger partial charge >= 0.3 is 5.97 Å². The van der Waals surface area contributed by atoms with Crippen molar-refractivity contribution in [2.24, 2.45) is 0 Å². The van der Waals surface area contributed by atoms with Gasteiger partial charge in [0.05, 0.1) is 0 Å². The summed E-state index contributed by atoms with van der Waals surface area (Å²) in [4.78, 5) is 39.9. The highest BCUT2D eigenvalue weighted by atomic mass is 16.6. The second-order valence-corrected chi connectivity index (χ2v) is 7.24. The molecule has 0 saturated carbocycles. The fourth-order valence-electron chi connectivity index (χ4n) is 3.73. The van der Waals surface area contributed by atoms with Gasteiger partial charge < -0.3 is 14.7 Å². The third kappa shape index (κ3) is 3.18. The minimum Gasteiger partial charge on any atom is -0.442 e. The van der Waals surface area contributed by atoms with Gasteiger partial charge in [0.15, 0.2) is 11.4 Å². The Hall–Kier alpha value is -2.73. The highest BCUT2D eigenvalue weighted by Crippen LogP contribution is 2.44. The molecule has 0 saturated heterocycles. The van der Waals surface area contributed by atoms with E-state index in [1.165, 1.54) is 11.8 Å². The first-order valence-corrected chi connectivity index (χ1v) is 9.59. The van der Waals surface area contributed by atoms with Crippen molar-refractivity contribution in [1.82, 2.24) is 4.90 Å². The number of fused-ring (bicyclic) bond motifs is 2. The number of unbranched alkanes of at least 4 members (excludes halogenated alkanes) is 2. The first kappa shape index (κ1) is 20.0. The summed E-state index contributed by atoms with van der Waals surface area (Å²) in [6.45, 7) is 5.13. The number of aliphatic hydroxyl groups excluding tert-OH is 1. The lowest BCUT2D eigenvalue weighted by atomic mass is 9.76. The first-order chi connectivity index (χ1) is 13.4. The molecule has 1 unspecified atom stereocenters. The van der Waals surface area contributed by atoms with Crippen LogP contribution in [0.25, 0.3) is 0 Å². The second-order valence-electron chi connectivity index (χ2n) is 7.24. The molecule has 0 bridgehead atoms. The fourth-order valence-corrected chi connectivity index (χ4v) is 3.73. The largest absolute Gasteiger partial charge is 0.442 e. The van der Waals surface area contributed by atoms with Gasteiger partial charge in [0.25, 0.3) is 0 Å². The molecule has 3 rings (SSSR count). The highest BCUT2D eigenvalue weighted by molar-refractivity contribution is 6.24. The fraction of sp³-hybridized carbons (Fsp3) is 0.409. The van der Waals surface area contributed by atoms with Crippen LogP contribution in [0.15, 0.2) is 58.5 Å². The van der Waals surface area contributed by atoms with Crippen molar-refractivity contribution in [2.45, 2.75) is 52.1 Å². The average molecular weight is 383 g/mol. The van der Waals surface area contributed by atoms with Crippen molar-refractivity contribution in [3.63, 3.8) is 0 Å². The zero-order valence-electron chi connectivity index (χ0n) is 16.4. The molecule has 6 heteroatoms. The Bertz CT molecular complexity index is 887. The quantitative estimate of drug-likeness (QED) is 0.413. The summed E-state index contributed by atoms with van der Waals surface area (Å²) in [7, 11) is 0. The number of hydrogen-bond acceptors (Lipinski definition) is 6. The first-order valence-electron chi connectivity index (χ1n) is 9.59. The number of hydrogen-bond donors (Lipinski definition) is 1. The highest BCUT2D eigenvalue weighted by Gasteiger charge is 2.54. The summed E-state index contributed by atoms with van der Waals surface area (Å²) in [6, 6.07) is 0. The monoisotopic (exact) mass is 383 g/mol. The molecule has 1 atom stereocenters. The van der Waals surface area contributed by atoms with Gasteiger partial charge in [-0.2, -0.15) is 0 Å². The van der Waals surface area contributed by atoms with E-state index in [0.717, 1.165) is 12.8 Å². The van der Waals surface area contributed by atoms with Crippen LogP contribution >= 0.6 is 0 Å². The van der Waals surface area contributed by atoms with Crippen LogP contribution in [0, 0.1) is 0 Å². The van der Waals surface area contributed by atoms with Crippen molar-refractivity contribution < 1.29 is 24.2 Å². The second kappa shape index (κ2) is 7.72. The number of carbonyl (C=O) groups is 3. The van der Waals surface area contributed by atoms with E-state index in [9.17, 15) is 19.5 Å². The van der Waals surface area contributed by atoms with Gasteiger partial charge in [0.1, 0.15) is 12.3 Å². The molecule has 0 aromatic rings. The number of carbonyl (C=O) groups excluding carboxylic acids is 3. The van der Waals surface area contributed by atoms with Crippen LogP contribution in [0.4, 0.5) is 0 Å². The summed E-state index contributed by atoms with van der Waals surface area (Å²) in [6.07, 6.45) is 11.5. The third-order valence-electron chi connectivity index (χ3n) is 5.27. The molecule has 1 aliphatic carbocycles. The van der Waals surface area contributed by atoms with Crippen LogP contribution in [0.1, 0.15) is 46.5 Å². The van der Waals surface area contributed by atoms with Gasteiger partial charge in [-0.1, -0.05) is 25.8 Å². The zero-order chi connectivity index (χ0) is 20.5. The van der Waals surface area contributed by atoms with Crippen LogP contribution in [-0.4, -0.2) is 39.9 Å². The van der Waals surface area contributed by atoms with Crippen molar-refractivity contribution in [3.8, 4) is 0 Å². The summed E-state index contributed by atoms with van der Waals surface area (Å²) >= 11 is 0. The van der Waals surface area contributed by atoms with Crippen LogP contribution in [0.5, 0.6) is 0 Å². The van der Waals surface area contributed by atoms with Crippen molar-refractivity contribution in [1.29, 1.82) is 0 Å². The minimum absolute atomic E-state index is 0.0101. The standard InChI is InChI=1S/C22H25NO5/c1-4-6-7-9-18(25)19-17-11-14-10-15(8-5-2)23(13-24)12-16(14)20(26)22(17,3)28-21(19)27/h5,8,10-12,24H,4,6-7,9,13H2,1-3H3. The van der Waals surface area contributed by atoms with Crippen molar-refractivity contribution >= 4 is 17.5 Å². The smallest absolute Gasteiger partial charge is 0.343 e. The Morgan fingerprint density at radius 2 is 2.04 bits per heavy atom. The van der Waals surface area contributed by atoms with Gasteiger partial charge in [-0.05, 0) is 44.1 Å². The summed E-state index contributed by atoms with van der Waals surface area (Å²) in [5.74, 6) is -1.40. The van der Waals surface area contributed by atoms with E-state index in [1.54, 1.807) is 18.4 Å². The number of ketones is 2. The lowest BCUT2D eigenvalue weighted by Gasteiger charge is -2.33. The molecule has 0 spiro atoms. The van der Waals surface area contributed by atoms with Crippen LogP contribution < -0.4 is 0 Å². The van der Waals surface area contributed by atoms with Crippen LogP contribution in [0.2, 0.25) is 0 Å². The molecule has 2 aliphatic heterocycles. The number of ether oxygens (including phenoxy) is 1. The summed E-state index contributed by atoms with van der Waals surface area (Å²) < 4.78 is 5.41. The topological polar surface area (TPSA) is 83.9 Å². The van der Waals surface area contributed by atoms with E-state index in [2.05, 4.69) is 0 Å². The minimum atomic E-state index is -1.50. The third-order valence-corrected chi connectivity index (χ3v) is 5.27. The predicted molar refractivity (Wildman–Crippen MR) is 104 cm³/mol. The van der Waals surface area contributed by atoms with Gasteiger partial charge in [0.2, 0.25) is 5.78 Å². The summed E-state index contributed by atoms with van der Waals surface area (Å²) in [5.41, 5.74) is 0.482. The molecule has 28 heavy (non-hydrogen) atoms. The maximum atomic E-state index is 13.2. The molecule has 3 aliphatic rings. The number of esters is 1. The lowest BCUT2D eigenvalue weighted by molar-refractivity contribution is -0.153. The van der Waals surface area contributed by atoms with Crippen LogP contribution in [0.3, 0.4) is 0 Å². The Morgan fingerprint density at radius 1 is 1.29 bits per heavy atom. The Morgan fingerprint density at radius 3 is 2.68 bits per heavy atom. The van der Waals surface area contributed by atoms with E-state index < -0.39 is 11.6 Å². The molecule has 0 aromatic carbocycles. The number of aliphatic hydroxyl groups is 1. The molecule has 148 valence electrons. The predicted octanol–water partition coefficient (Wildman–Crippen LogP) is 2.87. The molecule has 2 heterocycles. The van der Waals surface area contributed by atoms with E-state index in [-0.39, 0.29) is 30.3 Å². The molecule has 6 nitrogen and oxygen atoms in total. The van der Waals surface area contributed by atoms with Gasteiger partial charge in [-0.25, -0.2) is 4.79 Å². The van der Waals surface area contributed by atoms with Crippen LogP contribution in [-0.2, 0) is 19.1 Å². The Balaban J connectivity index is 2.10. The van der Waals surface area contributed by atoms with Gasteiger partial charge in [-0.3, -0.25) is 9.59 Å². The molecule has 1 N–H and O–H groups in total. The van der Waals surface area contributed by atoms with E-state index in [1.807, 2.05) is 26.0 Å². The summed E-state index contributed by atoms with van der Waals surface area (Å²) in [5, 5.41) is 9.61. The zero-order valence-corrected chi connectivity index (χ0v) is 16.4. The maximum Gasteiger partial charge on any atom is 0.343 e. The SMILES string of the molecule is CC=CC1=CC2=CC3=C(C(=O)CCCCC)C(=O)OC3(C)C(=O)C2=CN1CO. The average Bonchev–Trinajstić information content (AvgIpc) is 2.93. The maximum absolute atomic E-state index is 13.2. The Labute approximate surface area is 164 Å². The molecule has 0 radical (unpaired) electrons. The van der Waals surface area contributed by atoms with Crippen molar-refractivity contribution in [3.05, 3.63) is 58.5 Å². The van der Waals surface area contributed by atoms with Crippen molar-refractivity contribution in [2.75, 3.05) is 6.73 Å². The van der Waals surface area contributed by atoms with E-state index >= 15 is 0 Å². The van der Waals surface area contributed by atoms with Gasteiger partial charge in [-0.15, -0.1) is 0 Å². The normalized spacial score (nSPS) is 24.0. The molecular formula is C22H25NO5. The van der Waals surface area contributed by atoms with E-state index in [0.29, 0.717) is 28.8 Å². The Kier molecular flexibility index (Phi) is 5.52.